The molecular formula is C14H11F2NO. The van der Waals surface area contributed by atoms with E-state index in [0.717, 1.165) is 17.8 Å². The van der Waals surface area contributed by atoms with Crippen molar-refractivity contribution in [3.05, 3.63) is 65.5 Å². The summed E-state index contributed by atoms with van der Waals surface area (Å²) < 4.78 is 25.7. The zero-order valence-corrected chi connectivity index (χ0v) is 9.57. The maximum Gasteiger partial charge on any atom is 0.163 e. The lowest BCUT2D eigenvalue weighted by Gasteiger charge is -2.02. The van der Waals surface area contributed by atoms with Crippen molar-refractivity contribution in [1.29, 1.82) is 0 Å². The number of benzene rings is 1. The summed E-state index contributed by atoms with van der Waals surface area (Å²) in [6.45, 7) is 0. The molecule has 2 nitrogen and oxygen atoms in total. The fourth-order valence-electron chi connectivity index (χ4n) is 1.60. The van der Waals surface area contributed by atoms with E-state index in [1.165, 1.54) is 6.07 Å². The van der Waals surface area contributed by atoms with Gasteiger partial charge in [-0.3, -0.25) is 9.78 Å². The average Bonchev–Trinajstić information content (AvgIpc) is 2.40. The summed E-state index contributed by atoms with van der Waals surface area (Å²) in [5.74, 6) is -2.17. The minimum Gasteiger partial charge on any atom is -0.294 e. The van der Waals surface area contributed by atoms with E-state index in [2.05, 4.69) is 4.98 Å². The molecule has 18 heavy (non-hydrogen) atoms. The monoisotopic (exact) mass is 247 g/mol. The minimum atomic E-state index is -1.00. The molecule has 4 heteroatoms. The van der Waals surface area contributed by atoms with Gasteiger partial charge in [0.1, 0.15) is 0 Å². The summed E-state index contributed by atoms with van der Waals surface area (Å²) in [5, 5.41) is 0. The summed E-state index contributed by atoms with van der Waals surface area (Å²) in [5.41, 5.74) is 0.985. The highest BCUT2D eigenvalue weighted by molar-refractivity contribution is 5.96. The molecule has 0 bridgehead atoms. The number of halogens is 2. The third kappa shape index (κ3) is 2.97. The van der Waals surface area contributed by atoms with E-state index in [0.29, 0.717) is 6.42 Å². The summed E-state index contributed by atoms with van der Waals surface area (Å²) in [7, 11) is 0. The number of nitrogens with zero attached hydrogens (tertiary/aromatic N) is 1. The number of carbonyl (C=O) groups is 1. The van der Waals surface area contributed by atoms with E-state index in [4.69, 9.17) is 0 Å². The Morgan fingerprint density at radius 3 is 2.61 bits per heavy atom. The molecule has 0 aliphatic heterocycles. The van der Waals surface area contributed by atoms with Crippen LogP contribution in [0.3, 0.4) is 0 Å². The average molecular weight is 247 g/mol. The Balaban J connectivity index is 2.02. The Morgan fingerprint density at radius 2 is 1.94 bits per heavy atom. The fourth-order valence-corrected chi connectivity index (χ4v) is 1.60. The van der Waals surface area contributed by atoms with Gasteiger partial charge in [-0.2, -0.15) is 0 Å². The molecule has 0 aliphatic rings. The molecule has 0 N–H and O–H groups in total. The van der Waals surface area contributed by atoms with Crippen molar-refractivity contribution in [2.24, 2.45) is 0 Å². The minimum absolute atomic E-state index is 0.185. The molecule has 1 aromatic heterocycles. The number of hydrogen-bond acceptors (Lipinski definition) is 2. The first-order valence-electron chi connectivity index (χ1n) is 5.55. The lowest BCUT2D eigenvalue weighted by molar-refractivity contribution is 0.0982. The van der Waals surface area contributed by atoms with E-state index in [1.807, 2.05) is 12.1 Å². The number of aryl methyl sites for hydroxylation is 1. The van der Waals surface area contributed by atoms with Gasteiger partial charge < -0.3 is 0 Å². The SMILES string of the molecule is O=C(CCc1ccccn1)c1ccc(F)c(F)c1. The van der Waals surface area contributed by atoms with Crippen LogP contribution in [0, 0.1) is 11.6 Å². The van der Waals surface area contributed by atoms with E-state index in [-0.39, 0.29) is 17.8 Å². The van der Waals surface area contributed by atoms with Crippen LogP contribution in [0.4, 0.5) is 8.78 Å². The second-order valence-corrected chi connectivity index (χ2v) is 3.87. The Morgan fingerprint density at radius 1 is 1.11 bits per heavy atom. The zero-order valence-electron chi connectivity index (χ0n) is 9.57. The fraction of sp³-hybridized carbons (Fsp3) is 0.143. The van der Waals surface area contributed by atoms with Gasteiger partial charge >= 0.3 is 0 Å². The molecular weight excluding hydrogens is 236 g/mol. The second kappa shape index (κ2) is 5.49. The number of rotatable bonds is 4. The van der Waals surface area contributed by atoms with Crippen LogP contribution in [0.2, 0.25) is 0 Å². The first-order chi connectivity index (χ1) is 8.66. The van der Waals surface area contributed by atoms with Crippen LogP contribution in [-0.4, -0.2) is 10.8 Å². The van der Waals surface area contributed by atoms with Crippen LogP contribution in [0.15, 0.2) is 42.6 Å². The Kier molecular flexibility index (Phi) is 3.77. The molecule has 0 saturated heterocycles. The van der Waals surface area contributed by atoms with Crippen molar-refractivity contribution < 1.29 is 13.6 Å². The third-order valence-electron chi connectivity index (χ3n) is 2.58. The Hall–Kier alpha value is -2.10. The largest absolute Gasteiger partial charge is 0.294 e. The molecule has 0 fully saturated rings. The van der Waals surface area contributed by atoms with Crippen molar-refractivity contribution in [1.82, 2.24) is 4.98 Å². The molecule has 0 saturated carbocycles. The second-order valence-electron chi connectivity index (χ2n) is 3.87. The van der Waals surface area contributed by atoms with Gasteiger partial charge in [0.15, 0.2) is 17.4 Å². The molecule has 0 atom stereocenters. The van der Waals surface area contributed by atoms with Gasteiger partial charge in [0.25, 0.3) is 0 Å². The van der Waals surface area contributed by atoms with E-state index >= 15 is 0 Å². The standard InChI is InChI=1S/C14H11F2NO/c15-12-6-4-10(9-13(12)16)14(18)7-5-11-3-1-2-8-17-11/h1-4,6,8-9H,5,7H2. The van der Waals surface area contributed by atoms with Crippen LogP contribution in [0.1, 0.15) is 22.5 Å². The highest BCUT2D eigenvalue weighted by Crippen LogP contribution is 2.11. The summed E-state index contributed by atoms with van der Waals surface area (Å²) >= 11 is 0. The summed E-state index contributed by atoms with van der Waals surface area (Å²) in [4.78, 5) is 15.9. The maximum atomic E-state index is 13.0. The number of aromatic nitrogens is 1. The predicted molar refractivity (Wildman–Crippen MR) is 63.2 cm³/mol. The van der Waals surface area contributed by atoms with Crippen molar-refractivity contribution in [2.75, 3.05) is 0 Å². The molecule has 2 aromatic rings. The maximum absolute atomic E-state index is 13.0. The third-order valence-corrected chi connectivity index (χ3v) is 2.58. The first-order valence-corrected chi connectivity index (χ1v) is 5.55. The lowest BCUT2D eigenvalue weighted by atomic mass is 10.1. The lowest BCUT2D eigenvalue weighted by Crippen LogP contribution is -2.03. The molecule has 92 valence electrons. The van der Waals surface area contributed by atoms with Crippen LogP contribution in [0.5, 0.6) is 0 Å². The number of ketones is 1. The predicted octanol–water partition coefficient (Wildman–Crippen LogP) is 3.18. The highest BCUT2D eigenvalue weighted by Gasteiger charge is 2.10. The Bertz CT molecular complexity index is 555. The van der Waals surface area contributed by atoms with E-state index in [1.54, 1.807) is 12.3 Å². The van der Waals surface area contributed by atoms with Gasteiger partial charge in [-0.1, -0.05) is 6.07 Å². The molecule has 1 aromatic carbocycles. The molecule has 2 rings (SSSR count). The van der Waals surface area contributed by atoms with Crippen molar-refractivity contribution in [3.8, 4) is 0 Å². The summed E-state index contributed by atoms with van der Waals surface area (Å²) in [6, 6.07) is 8.63. The molecule has 0 amide bonds. The number of hydrogen-bond donors (Lipinski definition) is 0. The van der Waals surface area contributed by atoms with Gasteiger partial charge in [-0.25, -0.2) is 8.78 Å². The first kappa shape index (κ1) is 12.4. The molecule has 0 unspecified atom stereocenters. The van der Waals surface area contributed by atoms with Crippen molar-refractivity contribution in [3.63, 3.8) is 0 Å². The van der Waals surface area contributed by atoms with E-state index < -0.39 is 11.6 Å². The van der Waals surface area contributed by atoms with Crippen LogP contribution in [-0.2, 0) is 6.42 Å². The smallest absolute Gasteiger partial charge is 0.163 e. The van der Waals surface area contributed by atoms with Gasteiger partial charge in [-0.05, 0) is 36.8 Å². The highest BCUT2D eigenvalue weighted by atomic mass is 19.2. The van der Waals surface area contributed by atoms with Gasteiger partial charge in [0.05, 0.1) is 0 Å². The van der Waals surface area contributed by atoms with Gasteiger partial charge in [0.2, 0.25) is 0 Å². The Labute approximate surface area is 103 Å². The van der Waals surface area contributed by atoms with Gasteiger partial charge in [-0.15, -0.1) is 0 Å². The molecule has 0 spiro atoms. The number of Topliss-reactive ketones (excluding diaryl/α,β-unsaturated/α-hetero) is 1. The molecule has 1 heterocycles. The van der Waals surface area contributed by atoms with Crippen molar-refractivity contribution in [2.45, 2.75) is 12.8 Å². The molecule has 0 radical (unpaired) electrons. The zero-order chi connectivity index (χ0) is 13.0. The summed E-state index contributed by atoms with van der Waals surface area (Å²) in [6.07, 6.45) is 2.36. The van der Waals surface area contributed by atoms with Crippen LogP contribution >= 0.6 is 0 Å². The van der Waals surface area contributed by atoms with Crippen LogP contribution in [0.25, 0.3) is 0 Å². The van der Waals surface area contributed by atoms with Crippen LogP contribution < -0.4 is 0 Å². The van der Waals surface area contributed by atoms with Crippen molar-refractivity contribution >= 4 is 5.78 Å². The quantitative estimate of drug-likeness (QED) is 0.777. The van der Waals surface area contributed by atoms with E-state index in [9.17, 15) is 13.6 Å². The number of pyridine rings is 1. The van der Waals surface area contributed by atoms with Gasteiger partial charge in [0, 0.05) is 23.9 Å². The normalized spacial score (nSPS) is 10.3. The molecule has 0 aliphatic carbocycles. The number of carbonyl (C=O) groups excluding carboxylic acids is 1. The topological polar surface area (TPSA) is 30.0 Å².